The molecule has 0 aliphatic heterocycles. The van der Waals surface area contributed by atoms with E-state index in [2.05, 4.69) is 26.1 Å². The SMILES string of the molecule is CCNC(CCC(C)(C)OC)c1ccc(S(C)(=O)=O)cc1. The largest absolute Gasteiger partial charge is 0.379 e. The van der Waals surface area contributed by atoms with Crippen LogP contribution in [0.1, 0.15) is 45.2 Å². The molecule has 0 amide bonds. The Kier molecular flexibility index (Phi) is 6.38. The molecule has 1 atom stereocenters. The number of sulfone groups is 1. The molecule has 0 aromatic heterocycles. The second kappa shape index (κ2) is 7.38. The molecule has 1 unspecified atom stereocenters. The summed E-state index contributed by atoms with van der Waals surface area (Å²) in [5.41, 5.74) is 0.955. The van der Waals surface area contributed by atoms with Gasteiger partial charge < -0.3 is 10.1 Å². The summed E-state index contributed by atoms with van der Waals surface area (Å²) >= 11 is 0. The normalized spacial score (nSPS) is 14.1. The summed E-state index contributed by atoms with van der Waals surface area (Å²) in [6.45, 7) is 7.08. The summed E-state index contributed by atoms with van der Waals surface area (Å²) in [6.07, 6.45) is 3.09. The Hall–Kier alpha value is -0.910. The Bertz CT molecular complexity index is 535. The van der Waals surface area contributed by atoms with Crippen molar-refractivity contribution in [1.29, 1.82) is 0 Å². The molecule has 0 heterocycles. The summed E-state index contributed by atoms with van der Waals surface area (Å²) in [5, 5.41) is 3.45. The van der Waals surface area contributed by atoms with Gasteiger partial charge in [-0.15, -0.1) is 0 Å². The van der Waals surface area contributed by atoms with E-state index in [1.807, 2.05) is 12.1 Å². The predicted octanol–water partition coefficient (Wildman–Crippen LogP) is 2.95. The zero-order valence-electron chi connectivity index (χ0n) is 13.6. The maximum atomic E-state index is 11.5. The number of hydrogen-bond donors (Lipinski definition) is 1. The molecule has 0 bridgehead atoms. The van der Waals surface area contributed by atoms with E-state index in [1.54, 1.807) is 19.2 Å². The smallest absolute Gasteiger partial charge is 0.175 e. The van der Waals surface area contributed by atoms with Gasteiger partial charge in [0.2, 0.25) is 0 Å². The molecule has 0 saturated heterocycles. The molecule has 4 nitrogen and oxygen atoms in total. The van der Waals surface area contributed by atoms with Crippen LogP contribution in [0.15, 0.2) is 29.2 Å². The van der Waals surface area contributed by atoms with Gasteiger partial charge in [0.25, 0.3) is 0 Å². The van der Waals surface area contributed by atoms with Crippen LogP contribution in [0.2, 0.25) is 0 Å². The molecule has 21 heavy (non-hydrogen) atoms. The summed E-state index contributed by atoms with van der Waals surface area (Å²) in [4.78, 5) is 0.360. The summed E-state index contributed by atoms with van der Waals surface area (Å²) < 4.78 is 28.5. The van der Waals surface area contributed by atoms with Crippen LogP contribution in [-0.2, 0) is 14.6 Å². The fraction of sp³-hybridized carbons (Fsp3) is 0.625. The number of nitrogens with one attached hydrogen (secondary N) is 1. The highest BCUT2D eigenvalue weighted by Crippen LogP contribution is 2.25. The maximum absolute atomic E-state index is 11.5. The molecular formula is C16H27NO3S. The zero-order valence-corrected chi connectivity index (χ0v) is 14.5. The van der Waals surface area contributed by atoms with E-state index in [4.69, 9.17) is 4.74 Å². The van der Waals surface area contributed by atoms with Crippen LogP contribution in [0.3, 0.4) is 0 Å². The van der Waals surface area contributed by atoms with E-state index in [9.17, 15) is 8.42 Å². The highest BCUT2D eigenvalue weighted by molar-refractivity contribution is 7.90. The maximum Gasteiger partial charge on any atom is 0.175 e. The van der Waals surface area contributed by atoms with E-state index in [0.717, 1.165) is 24.9 Å². The van der Waals surface area contributed by atoms with Crippen LogP contribution in [0.5, 0.6) is 0 Å². The van der Waals surface area contributed by atoms with Crippen molar-refractivity contribution in [3.05, 3.63) is 29.8 Å². The Balaban J connectivity index is 2.86. The molecule has 1 rings (SSSR count). The third-order valence-corrected chi connectivity index (χ3v) is 4.88. The summed E-state index contributed by atoms with van der Waals surface area (Å²) in [6, 6.07) is 7.35. The molecule has 0 spiro atoms. The summed E-state index contributed by atoms with van der Waals surface area (Å²) in [7, 11) is -1.41. The first-order chi connectivity index (χ1) is 9.69. The number of hydrogen-bond acceptors (Lipinski definition) is 4. The molecule has 1 aromatic carbocycles. The van der Waals surface area contributed by atoms with E-state index in [0.29, 0.717) is 4.90 Å². The lowest BCUT2D eigenvalue weighted by molar-refractivity contribution is 0.0117. The van der Waals surface area contributed by atoms with Crippen molar-refractivity contribution in [2.45, 2.75) is 50.2 Å². The van der Waals surface area contributed by atoms with Crippen LogP contribution in [0.4, 0.5) is 0 Å². The first kappa shape index (κ1) is 18.1. The zero-order chi connectivity index (χ0) is 16.1. The van der Waals surface area contributed by atoms with Gasteiger partial charge in [0.15, 0.2) is 9.84 Å². The van der Waals surface area contributed by atoms with Crippen molar-refractivity contribution in [3.8, 4) is 0 Å². The van der Waals surface area contributed by atoms with E-state index in [1.165, 1.54) is 6.26 Å². The fourth-order valence-corrected chi connectivity index (χ4v) is 2.80. The Morgan fingerprint density at radius 1 is 1.24 bits per heavy atom. The minimum atomic E-state index is -3.14. The molecule has 0 aliphatic carbocycles. The van der Waals surface area contributed by atoms with Gasteiger partial charge in [-0.3, -0.25) is 0 Å². The number of benzene rings is 1. The summed E-state index contributed by atoms with van der Waals surface area (Å²) in [5.74, 6) is 0. The van der Waals surface area contributed by atoms with Crippen molar-refractivity contribution < 1.29 is 13.2 Å². The van der Waals surface area contributed by atoms with Crippen molar-refractivity contribution in [2.75, 3.05) is 19.9 Å². The Morgan fingerprint density at radius 3 is 2.24 bits per heavy atom. The van der Waals surface area contributed by atoms with Crippen LogP contribution < -0.4 is 5.32 Å². The van der Waals surface area contributed by atoms with Crippen LogP contribution in [0, 0.1) is 0 Å². The third-order valence-electron chi connectivity index (χ3n) is 3.75. The van der Waals surface area contributed by atoms with Gasteiger partial charge >= 0.3 is 0 Å². The van der Waals surface area contributed by atoms with Crippen molar-refractivity contribution in [1.82, 2.24) is 5.32 Å². The molecule has 0 aliphatic rings. The fourth-order valence-electron chi connectivity index (χ4n) is 2.17. The second-order valence-electron chi connectivity index (χ2n) is 5.95. The molecular weight excluding hydrogens is 286 g/mol. The Morgan fingerprint density at radius 2 is 1.81 bits per heavy atom. The monoisotopic (exact) mass is 313 g/mol. The van der Waals surface area contributed by atoms with Crippen LogP contribution in [-0.4, -0.2) is 33.9 Å². The minimum Gasteiger partial charge on any atom is -0.379 e. The molecule has 120 valence electrons. The quantitative estimate of drug-likeness (QED) is 0.802. The number of methoxy groups -OCH3 is 1. The van der Waals surface area contributed by atoms with Gasteiger partial charge in [-0.2, -0.15) is 0 Å². The Labute approximate surface area is 128 Å². The van der Waals surface area contributed by atoms with E-state index < -0.39 is 9.84 Å². The lowest BCUT2D eigenvalue weighted by atomic mass is 9.95. The van der Waals surface area contributed by atoms with Gasteiger partial charge in [-0.1, -0.05) is 19.1 Å². The van der Waals surface area contributed by atoms with Crippen molar-refractivity contribution in [3.63, 3.8) is 0 Å². The molecule has 5 heteroatoms. The molecule has 1 N–H and O–H groups in total. The van der Waals surface area contributed by atoms with Gasteiger partial charge in [0.05, 0.1) is 10.5 Å². The standard InChI is InChI=1S/C16H27NO3S/c1-6-17-15(11-12-16(2,3)20-4)13-7-9-14(10-8-13)21(5,18)19/h7-10,15,17H,6,11-12H2,1-5H3. The second-order valence-corrected chi connectivity index (χ2v) is 7.97. The average molecular weight is 313 g/mol. The molecule has 0 saturated carbocycles. The minimum absolute atomic E-state index is 0.152. The first-order valence-corrected chi connectivity index (χ1v) is 9.17. The van der Waals surface area contributed by atoms with Gasteiger partial charge in [-0.25, -0.2) is 8.42 Å². The number of ether oxygens (including phenoxy) is 1. The first-order valence-electron chi connectivity index (χ1n) is 7.28. The van der Waals surface area contributed by atoms with Crippen molar-refractivity contribution in [2.24, 2.45) is 0 Å². The van der Waals surface area contributed by atoms with Gasteiger partial charge in [-0.05, 0) is 50.9 Å². The lowest BCUT2D eigenvalue weighted by Gasteiger charge is -2.26. The lowest BCUT2D eigenvalue weighted by Crippen LogP contribution is -2.27. The third kappa shape index (κ3) is 5.77. The van der Waals surface area contributed by atoms with Gasteiger partial charge in [0.1, 0.15) is 0 Å². The predicted molar refractivity (Wildman–Crippen MR) is 86.3 cm³/mol. The average Bonchev–Trinajstić information content (AvgIpc) is 2.43. The molecule has 1 aromatic rings. The van der Waals surface area contributed by atoms with E-state index >= 15 is 0 Å². The van der Waals surface area contributed by atoms with Gasteiger partial charge in [0, 0.05) is 19.4 Å². The molecule has 0 radical (unpaired) electrons. The van der Waals surface area contributed by atoms with E-state index in [-0.39, 0.29) is 11.6 Å². The topological polar surface area (TPSA) is 55.4 Å². The van der Waals surface area contributed by atoms with Crippen LogP contribution >= 0.6 is 0 Å². The highest BCUT2D eigenvalue weighted by atomic mass is 32.2. The molecule has 0 fully saturated rings. The number of rotatable bonds is 8. The van der Waals surface area contributed by atoms with Crippen molar-refractivity contribution >= 4 is 9.84 Å². The van der Waals surface area contributed by atoms with Crippen LogP contribution in [0.25, 0.3) is 0 Å². The highest BCUT2D eigenvalue weighted by Gasteiger charge is 2.20.